The highest BCUT2D eigenvalue weighted by Crippen LogP contribution is 2.30. The van der Waals surface area contributed by atoms with E-state index in [1.165, 1.54) is 5.56 Å². The second-order valence-electron chi connectivity index (χ2n) is 6.47. The smallest absolute Gasteiger partial charge is 0.201 e. The van der Waals surface area contributed by atoms with Gasteiger partial charge in [-0.3, -0.25) is 0 Å². The van der Waals surface area contributed by atoms with Crippen molar-refractivity contribution in [3.05, 3.63) is 57.6 Å². The molecule has 0 atom stereocenters. The molecule has 0 fully saturated rings. The summed E-state index contributed by atoms with van der Waals surface area (Å²) in [7, 11) is 0. The fourth-order valence-corrected chi connectivity index (χ4v) is 2.83. The van der Waals surface area contributed by atoms with Crippen LogP contribution in [0.2, 0.25) is 10.0 Å². The van der Waals surface area contributed by atoms with Crippen LogP contribution in [-0.2, 0) is 5.41 Å². The lowest BCUT2D eigenvalue weighted by atomic mass is 9.84. The zero-order chi connectivity index (χ0) is 16.6. The predicted octanol–water partition coefficient (Wildman–Crippen LogP) is 5.57. The molecule has 0 unspecified atom stereocenters. The second-order valence-corrected chi connectivity index (χ2v) is 7.29. The maximum Gasteiger partial charge on any atom is 0.201 e. The van der Waals surface area contributed by atoms with Gasteiger partial charge in [-0.25, -0.2) is 4.98 Å². The van der Waals surface area contributed by atoms with Crippen molar-refractivity contribution in [2.24, 2.45) is 0 Å². The highest BCUT2D eigenvalue weighted by atomic mass is 35.5. The molecule has 0 radical (unpaired) electrons. The lowest BCUT2D eigenvalue weighted by Gasteiger charge is -2.26. The number of aromatic nitrogens is 2. The molecule has 0 amide bonds. The molecule has 0 aliphatic carbocycles. The van der Waals surface area contributed by atoms with Gasteiger partial charge >= 0.3 is 0 Å². The molecule has 1 heterocycles. The van der Waals surface area contributed by atoms with Crippen molar-refractivity contribution in [2.45, 2.75) is 26.2 Å². The van der Waals surface area contributed by atoms with E-state index in [0.717, 1.165) is 29.1 Å². The van der Waals surface area contributed by atoms with Crippen molar-refractivity contribution < 1.29 is 0 Å². The summed E-state index contributed by atoms with van der Waals surface area (Å²) in [6.07, 6.45) is 0. The summed E-state index contributed by atoms with van der Waals surface area (Å²) in [5.74, 6) is 0.777. The first kappa shape index (κ1) is 16.2. The number of hydrogen-bond donors (Lipinski definition) is 2. The lowest BCUT2D eigenvalue weighted by molar-refractivity contribution is 0.555. The Hall–Kier alpha value is -1.71. The van der Waals surface area contributed by atoms with Gasteiger partial charge in [-0.05, 0) is 42.3 Å². The Bertz CT molecular complexity index is 853. The van der Waals surface area contributed by atoms with Gasteiger partial charge in [0.05, 0.1) is 21.1 Å². The number of hydrogen-bond acceptors (Lipinski definition) is 2. The monoisotopic (exact) mass is 347 g/mol. The summed E-state index contributed by atoms with van der Waals surface area (Å²) in [6, 6.07) is 12.0. The third kappa shape index (κ3) is 3.46. The van der Waals surface area contributed by atoms with E-state index < -0.39 is 0 Å². The van der Waals surface area contributed by atoms with Crippen LogP contribution in [0, 0.1) is 6.92 Å². The average molecular weight is 348 g/mol. The molecule has 23 heavy (non-hydrogen) atoms. The van der Waals surface area contributed by atoms with Gasteiger partial charge in [0, 0.05) is 12.0 Å². The predicted molar refractivity (Wildman–Crippen MR) is 98.8 cm³/mol. The molecule has 0 bridgehead atoms. The van der Waals surface area contributed by atoms with Crippen LogP contribution in [0.3, 0.4) is 0 Å². The van der Waals surface area contributed by atoms with Gasteiger partial charge in [-0.2, -0.15) is 0 Å². The molecule has 0 saturated heterocycles. The molecule has 0 saturated carbocycles. The number of aryl methyl sites for hydroxylation is 1. The van der Waals surface area contributed by atoms with Crippen LogP contribution in [0.15, 0.2) is 36.4 Å². The minimum absolute atomic E-state index is 0.108. The normalized spacial score (nSPS) is 11.9. The first-order chi connectivity index (χ1) is 10.8. The lowest BCUT2D eigenvalue weighted by Crippen LogP contribution is -2.28. The molecular weight excluding hydrogens is 329 g/mol. The first-order valence-electron chi connectivity index (χ1n) is 7.51. The zero-order valence-electron chi connectivity index (χ0n) is 13.4. The Kier molecular flexibility index (Phi) is 4.26. The number of nitrogens with one attached hydrogen (secondary N) is 2. The molecule has 120 valence electrons. The molecule has 5 heteroatoms. The number of rotatable bonds is 4. The average Bonchev–Trinajstić information content (AvgIpc) is 2.90. The van der Waals surface area contributed by atoms with Gasteiger partial charge in [0.15, 0.2) is 0 Å². The highest BCUT2D eigenvalue weighted by molar-refractivity contribution is 6.42. The maximum atomic E-state index is 6.13. The minimum Gasteiger partial charge on any atom is -0.355 e. The summed E-state index contributed by atoms with van der Waals surface area (Å²) < 4.78 is 0. The van der Waals surface area contributed by atoms with Gasteiger partial charge in [-0.15, -0.1) is 0 Å². The van der Waals surface area contributed by atoms with Crippen LogP contribution in [0.4, 0.5) is 5.95 Å². The fraction of sp³-hybridized carbons (Fsp3) is 0.278. The molecule has 0 aliphatic heterocycles. The summed E-state index contributed by atoms with van der Waals surface area (Å²) in [5.41, 5.74) is 4.24. The number of nitrogens with zero attached hydrogens (tertiary/aromatic N) is 1. The third-order valence-corrected chi connectivity index (χ3v) is 4.78. The number of aromatic amines is 1. The van der Waals surface area contributed by atoms with E-state index in [2.05, 4.69) is 48.2 Å². The molecule has 0 aliphatic rings. The number of imidazole rings is 1. The molecule has 3 aromatic rings. The van der Waals surface area contributed by atoms with Crippen molar-refractivity contribution in [1.29, 1.82) is 0 Å². The molecule has 2 N–H and O–H groups in total. The SMILES string of the molecule is Cc1ccc2nc(NCC(C)(C)c3ccc(Cl)c(Cl)c3)[nH]c2c1. The van der Waals surface area contributed by atoms with Crippen LogP contribution in [0.5, 0.6) is 0 Å². The summed E-state index contributed by atoms with van der Waals surface area (Å²) in [4.78, 5) is 7.88. The van der Waals surface area contributed by atoms with Crippen LogP contribution >= 0.6 is 23.2 Å². The first-order valence-corrected chi connectivity index (χ1v) is 8.26. The van der Waals surface area contributed by atoms with Crippen molar-refractivity contribution in [1.82, 2.24) is 9.97 Å². The van der Waals surface area contributed by atoms with E-state index in [1.54, 1.807) is 0 Å². The summed E-state index contributed by atoms with van der Waals surface area (Å²) >= 11 is 12.1. The van der Waals surface area contributed by atoms with Gasteiger partial charge in [0.2, 0.25) is 5.95 Å². The standard InChI is InChI=1S/C18H19Cl2N3/c1-11-4-7-15-16(8-11)23-17(22-15)21-10-18(2,3)12-5-6-13(19)14(20)9-12/h4-9H,10H2,1-3H3,(H2,21,22,23). The van der Waals surface area contributed by atoms with Crippen LogP contribution in [-0.4, -0.2) is 16.5 Å². The minimum atomic E-state index is -0.108. The number of benzene rings is 2. The van der Waals surface area contributed by atoms with Crippen molar-refractivity contribution in [3.8, 4) is 0 Å². The van der Waals surface area contributed by atoms with E-state index in [4.69, 9.17) is 23.2 Å². The molecule has 1 aromatic heterocycles. The van der Waals surface area contributed by atoms with E-state index in [-0.39, 0.29) is 5.41 Å². The number of fused-ring (bicyclic) bond motifs is 1. The molecule has 3 nitrogen and oxygen atoms in total. The highest BCUT2D eigenvalue weighted by Gasteiger charge is 2.21. The number of halogens is 2. The summed E-state index contributed by atoms with van der Waals surface area (Å²) in [6.45, 7) is 7.11. The molecular formula is C18H19Cl2N3. The van der Waals surface area contributed by atoms with Crippen LogP contribution < -0.4 is 5.32 Å². The Morgan fingerprint density at radius 2 is 1.87 bits per heavy atom. The Balaban J connectivity index is 1.78. The van der Waals surface area contributed by atoms with Gasteiger partial charge in [-0.1, -0.05) is 49.2 Å². The van der Waals surface area contributed by atoms with Crippen molar-refractivity contribution in [3.63, 3.8) is 0 Å². The zero-order valence-corrected chi connectivity index (χ0v) is 14.9. The third-order valence-electron chi connectivity index (χ3n) is 4.04. The number of anilines is 1. The van der Waals surface area contributed by atoms with Gasteiger partial charge in [0.25, 0.3) is 0 Å². The second kappa shape index (κ2) is 6.06. The fourth-order valence-electron chi connectivity index (χ4n) is 2.53. The summed E-state index contributed by atoms with van der Waals surface area (Å²) in [5, 5.41) is 4.54. The Labute approximate surface area is 146 Å². The van der Waals surface area contributed by atoms with E-state index in [9.17, 15) is 0 Å². The molecule has 0 spiro atoms. The molecule has 2 aromatic carbocycles. The Morgan fingerprint density at radius 3 is 2.61 bits per heavy atom. The maximum absolute atomic E-state index is 6.13. The van der Waals surface area contributed by atoms with Gasteiger partial charge < -0.3 is 10.3 Å². The topological polar surface area (TPSA) is 40.7 Å². The molecule has 3 rings (SSSR count). The quantitative estimate of drug-likeness (QED) is 0.647. The largest absolute Gasteiger partial charge is 0.355 e. The van der Waals surface area contributed by atoms with Crippen LogP contribution in [0.25, 0.3) is 11.0 Å². The Morgan fingerprint density at radius 1 is 1.09 bits per heavy atom. The van der Waals surface area contributed by atoms with E-state index in [0.29, 0.717) is 10.0 Å². The van der Waals surface area contributed by atoms with Crippen molar-refractivity contribution in [2.75, 3.05) is 11.9 Å². The van der Waals surface area contributed by atoms with Gasteiger partial charge in [0.1, 0.15) is 0 Å². The van der Waals surface area contributed by atoms with E-state index in [1.807, 2.05) is 24.3 Å². The van der Waals surface area contributed by atoms with Crippen molar-refractivity contribution >= 4 is 40.2 Å². The number of H-pyrrole nitrogens is 1. The van der Waals surface area contributed by atoms with Crippen LogP contribution in [0.1, 0.15) is 25.0 Å². The van der Waals surface area contributed by atoms with E-state index >= 15 is 0 Å².